The number of amides is 2. The summed E-state index contributed by atoms with van der Waals surface area (Å²) in [6, 6.07) is 11.6. The number of hydrogen-bond donors (Lipinski definition) is 1. The Hall–Kier alpha value is -3.92. The van der Waals surface area contributed by atoms with E-state index in [0.717, 1.165) is 37.0 Å². The van der Waals surface area contributed by atoms with E-state index in [4.69, 9.17) is 23.7 Å². The summed E-state index contributed by atoms with van der Waals surface area (Å²) in [4.78, 5) is 30.8. The lowest BCUT2D eigenvalue weighted by atomic mass is 9.94. The van der Waals surface area contributed by atoms with Gasteiger partial charge in [-0.1, -0.05) is 25.3 Å². The number of carbonyl (C=O) groups is 2. The third-order valence-electron chi connectivity index (χ3n) is 7.27. The number of carbonyl (C=O) groups excluding carboxylic acids is 2. The largest absolute Gasteiger partial charge is 0.493 e. The van der Waals surface area contributed by atoms with Gasteiger partial charge in [-0.2, -0.15) is 0 Å². The van der Waals surface area contributed by atoms with Crippen molar-refractivity contribution in [2.75, 3.05) is 33.0 Å². The van der Waals surface area contributed by atoms with Gasteiger partial charge >= 0.3 is 0 Å². The van der Waals surface area contributed by atoms with Gasteiger partial charge in [-0.05, 0) is 54.1 Å². The predicted octanol–water partition coefficient (Wildman–Crippen LogP) is 5.27. The van der Waals surface area contributed by atoms with Gasteiger partial charge in [0, 0.05) is 22.7 Å². The van der Waals surface area contributed by atoms with Gasteiger partial charge in [0.15, 0.2) is 23.0 Å². The molecule has 1 N–H and O–H groups in total. The number of methoxy groups -OCH3 is 3. The van der Waals surface area contributed by atoms with Crippen LogP contribution in [0.4, 0.5) is 5.69 Å². The molecule has 0 bridgehead atoms. The van der Waals surface area contributed by atoms with Crippen molar-refractivity contribution in [2.45, 2.75) is 50.6 Å². The maximum atomic E-state index is 14.2. The quantitative estimate of drug-likeness (QED) is 0.357. The molecule has 1 aromatic heterocycles. The fraction of sp³-hybridized carbons (Fsp3) is 0.400. The highest BCUT2D eigenvalue weighted by Gasteiger charge is 2.36. The molecule has 0 saturated heterocycles. The first-order chi connectivity index (χ1) is 19.5. The van der Waals surface area contributed by atoms with Gasteiger partial charge in [-0.25, -0.2) is 0 Å². The van der Waals surface area contributed by atoms with Crippen molar-refractivity contribution in [3.05, 3.63) is 58.3 Å². The lowest BCUT2D eigenvalue weighted by Crippen LogP contribution is -2.47. The molecule has 3 aromatic rings. The van der Waals surface area contributed by atoms with Gasteiger partial charge in [-0.3, -0.25) is 14.5 Å². The smallest absolute Gasteiger partial charge is 0.248 e. The van der Waals surface area contributed by atoms with Crippen LogP contribution in [0.2, 0.25) is 0 Å². The Morgan fingerprint density at radius 3 is 2.35 bits per heavy atom. The number of hydrogen-bond acceptors (Lipinski definition) is 8. The fourth-order valence-corrected chi connectivity index (χ4v) is 6.02. The minimum Gasteiger partial charge on any atom is -0.493 e. The highest BCUT2D eigenvalue weighted by molar-refractivity contribution is 7.10. The van der Waals surface area contributed by atoms with Gasteiger partial charge in [-0.15, -0.1) is 11.3 Å². The van der Waals surface area contributed by atoms with E-state index >= 15 is 0 Å². The van der Waals surface area contributed by atoms with E-state index in [1.165, 1.54) is 32.7 Å². The topological polar surface area (TPSA) is 95.6 Å². The molecule has 0 spiro atoms. The van der Waals surface area contributed by atoms with Crippen LogP contribution >= 0.6 is 11.3 Å². The zero-order valence-electron chi connectivity index (χ0n) is 22.9. The third-order valence-corrected chi connectivity index (χ3v) is 8.15. The van der Waals surface area contributed by atoms with Crippen LogP contribution in [0.15, 0.2) is 47.8 Å². The monoisotopic (exact) mass is 566 g/mol. The Labute approximate surface area is 237 Å². The zero-order chi connectivity index (χ0) is 28.1. The van der Waals surface area contributed by atoms with Crippen LogP contribution < -0.4 is 33.9 Å². The molecule has 2 heterocycles. The summed E-state index contributed by atoms with van der Waals surface area (Å²) in [7, 11) is 4.57. The van der Waals surface area contributed by atoms with Gasteiger partial charge in [0.05, 0.1) is 27.8 Å². The first-order valence-corrected chi connectivity index (χ1v) is 14.2. The molecule has 2 aliphatic rings. The highest BCUT2D eigenvalue weighted by atomic mass is 32.1. The van der Waals surface area contributed by atoms with Crippen molar-refractivity contribution in [3.8, 4) is 28.7 Å². The molecular weight excluding hydrogens is 532 g/mol. The third kappa shape index (κ3) is 5.82. The van der Waals surface area contributed by atoms with E-state index in [1.54, 1.807) is 35.2 Å². The van der Waals surface area contributed by atoms with Crippen molar-refractivity contribution in [1.82, 2.24) is 5.32 Å². The maximum Gasteiger partial charge on any atom is 0.248 e. The van der Waals surface area contributed by atoms with Crippen LogP contribution in [0.1, 0.15) is 48.6 Å². The number of rotatable bonds is 10. The van der Waals surface area contributed by atoms with Crippen molar-refractivity contribution in [3.63, 3.8) is 0 Å². The second kappa shape index (κ2) is 12.5. The number of ether oxygens (including phenoxy) is 5. The van der Waals surface area contributed by atoms with E-state index in [0.29, 0.717) is 40.0 Å². The van der Waals surface area contributed by atoms with Crippen molar-refractivity contribution >= 4 is 28.8 Å². The summed E-state index contributed by atoms with van der Waals surface area (Å²) in [6.45, 7) is 0.0976. The molecule has 1 atom stereocenters. The van der Waals surface area contributed by atoms with E-state index in [2.05, 4.69) is 5.32 Å². The number of benzene rings is 2. The Morgan fingerprint density at radius 2 is 1.70 bits per heavy atom. The molecule has 1 fully saturated rings. The van der Waals surface area contributed by atoms with Crippen LogP contribution in [0.25, 0.3) is 0 Å². The zero-order valence-corrected chi connectivity index (χ0v) is 23.8. The molecule has 10 heteroatoms. The number of thiophene rings is 1. The minimum atomic E-state index is -1.02. The maximum absolute atomic E-state index is 14.2. The Balaban J connectivity index is 1.64. The molecule has 0 radical (unpaired) electrons. The average molecular weight is 567 g/mol. The number of anilines is 1. The Morgan fingerprint density at radius 1 is 0.975 bits per heavy atom. The molecule has 5 rings (SSSR count). The van der Waals surface area contributed by atoms with Crippen LogP contribution in [0.3, 0.4) is 0 Å². The van der Waals surface area contributed by atoms with E-state index in [-0.39, 0.29) is 31.1 Å². The highest BCUT2D eigenvalue weighted by Crippen LogP contribution is 2.43. The molecule has 9 nitrogen and oxygen atoms in total. The van der Waals surface area contributed by atoms with E-state index < -0.39 is 6.04 Å². The van der Waals surface area contributed by atoms with Crippen molar-refractivity contribution in [2.24, 2.45) is 0 Å². The molecule has 1 aliphatic carbocycles. The number of nitrogens with one attached hydrogen (secondary N) is 1. The number of nitrogens with zero attached hydrogens (tertiary/aromatic N) is 1. The van der Waals surface area contributed by atoms with Crippen molar-refractivity contribution in [1.29, 1.82) is 0 Å². The molecule has 1 saturated carbocycles. The summed E-state index contributed by atoms with van der Waals surface area (Å²) >= 11 is 1.50. The first kappa shape index (κ1) is 27.6. The molecule has 1 unspecified atom stereocenters. The molecule has 2 aromatic carbocycles. The van der Waals surface area contributed by atoms with Crippen molar-refractivity contribution < 1.29 is 33.3 Å². The van der Waals surface area contributed by atoms with Gasteiger partial charge in [0.1, 0.15) is 6.04 Å². The normalized spacial score (nSPS) is 15.3. The van der Waals surface area contributed by atoms with Gasteiger partial charge < -0.3 is 29.0 Å². The van der Waals surface area contributed by atoms with Gasteiger partial charge in [0.25, 0.3) is 0 Å². The first-order valence-electron chi connectivity index (χ1n) is 13.4. The second-order valence-corrected chi connectivity index (χ2v) is 10.8. The minimum absolute atomic E-state index is 0.0387. The number of fused-ring (bicyclic) bond motifs is 1. The fourth-order valence-electron chi connectivity index (χ4n) is 5.32. The SMILES string of the molecule is COc1cc(C(C(=O)NC2CCCCC2)N(C(=O)Cc2cccs2)c2ccc3c(c2)OCO3)cc(OC)c1OC. The van der Waals surface area contributed by atoms with Crippen LogP contribution in [-0.2, 0) is 16.0 Å². The molecule has 1 aliphatic heterocycles. The average Bonchev–Trinajstić information content (AvgIpc) is 3.67. The summed E-state index contributed by atoms with van der Waals surface area (Å²) in [5, 5.41) is 5.17. The Bertz CT molecular complexity index is 1310. The summed E-state index contributed by atoms with van der Waals surface area (Å²) in [5.41, 5.74) is 1.04. The Kier molecular flexibility index (Phi) is 8.64. The lowest BCUT2D eigenvalue weighted by molar-refractivity contribution is -0.127. The molecule has 212 valence electrons. The summed E-state index contributed by atoms with van der Waals surface area (Å²) < 4.78 is 27.9. The molecular formula is C30H34N2O7S. The lowest BCUT2D eigenvalue weighted by Gasteiger charge is -2.34. The predicted molar refractivity (Wildman–Crippen MR) is 152 cm³/mol. The van der Waals surface area contributed by atoms with E-state index in [9.17, 15) is 9.59 Å². The van der Waals surface area contributed by atoms with Gasteiger partial charge in [0.2, 0.25) is 24.4 Å². The summed E-state index contributed by atoms with van der Waals surface area (Å²) in [6.07, 6.45) is 5.21. The second-order valence-electron chi connectivity index (χ2n) is 9.76. The van der Waals surface area contributed by atoms with Crippen LogP contribution in [0, 0.1) is 0 Å². The molecule has 40 heavy (non-hydrogen) atoms. The summed E-state index contributed by atoms with van der Waals surface area (Å²) in [5.74, 6) is 1.78. The molecule has 2 amide bonds. The van der Waals surface area contributed by atoms with Crippen LogP contribution in [-0.4, -0.2) is 46.0 Å². The van der Waals surface area contributed by atoms with E-state index in [1.807, 2.05) is 17.5 Å². The van der Waals surface area contributed by atoms with Crippen LogP contribution in [0.5, 0.6) is 28.7 Å². The standard InChI is InChI=1S/C30H34N2O7S/c1-35-25-14-19(15-26(36-2)29(25)37-3)28(30(34)31-20-8-5-4-6-9-20)32(27(33)17-22-10-7-13-40-22)21-11-12-23-24(16-21)39-18-38-23/h7,10-16,20,28H,4-6,8-9,17-18H2,1-3H3,(H,31,34).